The Bertz CT molecular complexity index is 582. The van der Waals surface area contributed by atoms with Crippen molar-refractivity contribution in [1.29, 1.82) is 0 Å². The number of aromatic hydroxyl groups is 4. The Morgan fingerprint density at radius 2 is 1.33 bits per heavy atom. The zero-order chi connectivity index (χ0) is 13.1. The second-order valence-electron chi connectivity index (χ2n) is 3.86. The molecule has 0 amide bonds. The molecule has 2 aromatic carbocycles. The summed E-state index contributed by atoms with van der Waals surface area (Å²) in [5.74, 6) is -0.135. The summed E-state index contributed by atoms with van der Waals surface area (Å²) in [5.41, 5.74) is 1.12. The molecule has 4 nitrogen and oxygen atoms in total. The third-order valence-electron chi connectivity index (χ3n) is 2.39. The highest BCUT2D eigenvalue weighted by molar-refractivity contribution is 5.73. The molecule has 18 heavy (non-hydrogen) atoms. The van der Waals surface area contributed by atoms with E-state index in [-0.39, 0.29) is 23.0 Å². The highest BCUT2D eigenvalue weighted by Gasteiger charge is 1.99. The third kappa shape index (κ3) is 2.74. The van der Waals surface area contributed by atoms with E-state index in [1.165, 1.54) is 30.3 Å². The lowest BCUT2D eigenvalue weighted by molar-refractivity contribution is 0.449. The highest BCUT2D eigenvalue weighted by atomic mass is 16.3. The lowest BCUT2D eigenvalue weighted by Gasteiger charge is -2.01. The first-order valence-electron chi connectivity index (χ1n) is 5.28. The fourth-order valence-corrected chi connectivity index (χ4v) is 1.57. The molecule has 0 heterocycles. The Morgan fingerprint density at radius 3 is 1.94 bits per heavy atom. The van der Waals surface area contributed by atoms with Gasteiger partial charge in [0.2, 0.25) is 0 Å². The van der Waals surface area contributed by atoms with Gasteiger partial charge < -0.3 is 20.4 Å². The second kappa shape index (κ2) is 4.71. The number of hydrogen-bond acceptors (Lipinski definition) is 4. The van der Waals surface area contributed by atoms with Gasteiger partial charge >= 0.3 is 0 Å². The lowest BCUT2D eigenvalue weighted by Crippen LogP contribution is -1.76. The van der Waals surface area contributed by atoms with Crippen molar-refractivity contribution >= 4 is 12.2 Å². The topological polar surface area (TPSA) is 80.9 Å². The predicted molar refractivity (Wildman–Crippen MR) is 68.5 cm³/mol. The van der Waals surface area contributed by atoms with Gasteiger partial charge in [0.1, 0.15) is 23.0 Å². The summed E-state index contributed by atoms with van der Waals surface area (Å²) in [7, 11) is 0. The molecular weight excluding hydrogens is 232 g/mol. The van der Waals surface area contributed by atoms with E-state index in [0.717, 1.165) is 0 Å². The molecule has 0 unspecified atom stereocenters. The van der Waals surface area contributed by atoms with Crippen LogP contribution in [0.3, 0.4) is 0 Å². The maximum Gasteiger partial charge on any atom is 0.126 e. The zero-order valence-electron chi connectivity index (χ0n) is 9.41. The predicted octanol–water partition coefficient (Wildman–Crippen LogP) is 2.68. The van der Waals surface area contributed by atoms with Crippen molar-refractivity contribution in [2.75, 3.05) is 0 Å². The number of rotatable bonds is 2. The van der Waals surface area contributed by atoms with E-state index in [1.54, 1.807) is 18.2 Å². The monoisotopic (exact) mass is 244 g/mol. The fraction of sp³-hybridized carbons (Fsp3) is 0. The van der Waals surface area contributed by atoms with Gasteiger partial charge in [-0.15, -0.1) is 0 Å². The van der Waals surface area contributed by atoms with E-state index in [4.69, 9.17) is 5.11 Å². The van der Waals surface area contributed by atoms with Crippen LogP contribution < -0.4 is 0 Å². The molecule has 4 N–H and O–H groups in total. The lowest BCUT2D eigenvalue weighted by atomic mass is 10.1. The number of phenols is 4. The molecule has 0 fully saturated rings. The molecule has 0 aliphatic heterocycles. The molecule has 0 radical (unpaired) electrons. The van der Waals surface area contributed by atoms with E-state index in [9.17, 15) is 15.3 Å². The van der Waals surface area contributed by atoms with Gasteiger partial charge in [0, 0.05) is 17.7 Å². The van der Waals surface area contributed by atoms with Gasteiger partial charge in [0.25, 0.3) is 0 Å². The largest absolute Gasteiger partial charge is 0.508 e. The molecule has 0 aliphatic carbocycles. The van der Waals surface area contributed by atoms with E-state index in [0.29, 0.717) is 11.1 Å². The molecular formula is C14H12O4. The molecule has 0 saturated carbocycles. The third-order valence-corrected chi connectivity index (χ3v) is 2.39. The number of phenolic OH excluding ortho intramolecular Hbond substituents is 4. The van der Waals surface area contributed by atoms with E-state index >= 15 is 0 Å². The van der Waals surface area contributed by atoms with E-state index in [2.05, 4.69) is 0 Å². The fourth-order valence-electron chi connectivity index (χ4n) is 1.57. The Morgan fingerprint density at radius 1 is 0.667 bits per heavy atom. The smallest absolute Gasteiger partial charge is 0.126 e. The van der Waals surface area contributed by atoms with Crippen molar-refractivity contribution in [2.24, 2.45) is 0 Å². The van der Waals surface area contributed by atoms with Gasteiger partial charge in [-0.05, 0) is 29.8 Å². The van der Waals surface area contributed by atoms with Gasteiger partial charge in [0.05, 0.1) is 0 Å². The SMILES string of the molecule is Oc1cc(O)cc(C=Cc2ccc(O)cc2O)c1. The van der Waals surface area contributed by atoms with E-state index < -0.39 is 0 Å². The second-order valence-corrected chi connectivity index (χ2v) is 3.86. The van der Waals surface area contributed by atoms with Crippen LogP contribution in [0.1, 0.15) is 11.1 Å². The van der Waals surface area contributed by atoms with Gasteiger partial charge in [-0.2, -0.15) is 0 Å². The molecule has 2 aromatic rings. The Kier molecular flexibility index (Phi) is 3.10. The van der Waals surface area contributed by atoms with Gasteiger partial charge in [0.15, 0.2) is 0 Å². The van der Waals surface area contributed by atoms with Crippen LogP contribution in [0.2, 0.25) is 0 Å². The van der Waals surface area contributed by atoms with Gasteiger partial charge in [-0.3, -0.25) is 0 Å². The van der Waals surface area contributed by atoms with Crippen LogP contribution in [0.25, 0.3) is 12.2 Å². The Hall–Kier alpha value is -2.62. The van der Waals surface area contributed by atoms with Crippen molar-refractivity contribution in [1.82, 2.24) is 0 Å². The average Bonchev–Trinajstić information content (AvgIpc) is 2.26. The first kappa shape index (κ1) is 11.9. The van der Waals surface area contributed by atoms with Gasteiger partial charge in [-0.25, -0.2) is 0 Å². The average molecular weight is 244 g/mol. The summed E-state index contributed by atoms with van der Waals surface area (Å²) < 4.78 is 0. The molecule has 0 bridgehead atoms. The number of benzene rings is 2. The highest BCUT2D eigenvalue weighted by Crippen LogP contribution is 2.26. The molecule has 0 saturated heterocycles. The van der Waals surface area contributed by atoms with Gasteiger partial charge in [-0.1, -0.05) is 12.2 Å². The first-order chi connectivity index (χ1) is 8.54. The minimum absolute atomic E-state index is 0.0142. The summed E-state index contributed by atoms with van der Waals surface area (Å²) in [5, 5.41) is 37.3. The molecule has 2 rings (SSSR count). The van der Waals surface area contributed by atoms with Crippen LogP contribution in [-0.2, 0) is 0 Å². The van der Waals surface area contributed by atoms with Crippen molar-refractivity contribution in [3.63, 3.8) is 0 Å². The molecule has 0 aromatic heterocycles. The van der Waals surface area contributed by atoms with Crippen molar-refractivity contribution < 1.29 is 20.4 Å². The molecule has 4 heteroatoms. The van der Waals surface area contributed by atoms with Crippen molar-refractivity contribution in [3.8, 4) is 23.0 Å². The standard InChI is InChI=1S/C14H12O4/c15-11-4-3-10(14(18)8-11)2-1-9-5-12(16)7-13(17)6-9/h1-8,15-18H. The Balaban J connectivity index is 2.29. The van der Waals surface area contributed by atoms with Crippen LogP contribution in [-0.4, -0.2) is 20.4 Å². The maximum atomic E-state index is 9.57. The maximum absolute atomic E-state index is 9.57. The summed E-state index contributed by atoms with van der Waals surface area (Å²) in [6.45, 7) is 0. The molecule has 0 spiro atoms. The van der Waals surface area contributed by atoms with Crippen LogP contribution in [0, 0.1) is 0 Å². The van der Waals surface area contributed by atoms with E-state index in [1.807, 2.05) is 0 Å². The minimum Gasteiger partial charge on any atom is -0.508 e. The van der Waals surface area contributed by atoms with Crippen LogP contribution in [0.4, 0.5) is 0 Å². The molecule has 0 aliphatic rings. The molecule has 92 valence electrons. The quantitative estimate of drug-likeness (QED) is 0.612. The summed E-state index contributed by atoms with van der Waals surface area (Å²) >= 11 is 0. The van der Waals surface area contributed by atoms with Crippen LogP contribution in [0.5, 0.6) is 23.0 Å². The zero-order valence-corrected chi connectivity index (χ0v) is 9.41. The van der Waals surface area contributed by atoms with Crippen LogP contribution in [0.15, 0.2) is 36.4 Å². The normalized spacial score (nSPS) is 10.9. The first-order valence-corrected chi connectivity index (χ1v) is 5.28. The Labute approximate surface area is 104 Å². The molecule has 0 atom stereocenters. The summed E-state index contributed by atoms with van der Waals surface area (Å²) in [6, 6.07) is 8.44. The van der Waals surface area contributed by atoms with Crippen molar-refractivity contribution in [3.05, 3.63) is 47.5 Å². The summed E-state index contributed by atoms with van der Waals surface area (Å²) in [4.78, 5) is 0. The van der Waals surface area contributed by atoms with Crippen molar-refractivity contribution in [2.45, 2.75) is 0 Å². The van der Waals surface area contributed by atoms with Crippen LogP contribution >= 0.6 is 0 Å². The minimum atomic E-state index is -0.0457. The number of hydrogen-bond donors (Lipinski definition) is 4. The summed E-state index contributed by atoms with van der Waals surface area (Å²) in [6.07, 6.45) is 3.24.